The van der Waals surface area contributed by atoms with Gasteiger partial charge in [0.05, 0.1) is 16.1 Å². The highest BCUT2D eigenvalue weighted by molar-refractivity contribution is 6.33. The van der Waals surface area contributed by atoms with E-state index in [1.54, 1.807) is 30.6 Å². The second-order valence-electron chi connectivity index (χ2n) is 4.10. The molecule has 0 saturated heterocycles. The van der Waals surface area contributed by atoms with E-state index in [1.165, 1.54) is 12.1 Å². The van der Waals surface area contributed by atoms with Crippen molar-refractivity contribution in [3.05, 3.63) is 53.6 Å². The van der Waals surface area contributed by atoms with Crippen LogP contribution < -0.4 is 5.73 Å². The summed E-state index contributed by atoms with van der Waals surface area (Å²) < 4.78 is 19.0. The smallest absolute Gasteiger partial charge is 0.230 e. The molecule has 0 amide bonds. The van der Waals surface area contributed by atoms with Gasteiger partial charge in [-0.2, -0.15) is 0 Å². The summed E-state index contributed by atoms with van der Waals surface area (Å²) in [4.78, 5) is 3.93. The molecule has 0 spiro atoms. The zero-order valence-electron chi connectivity index (χ0n) is 10.2. The second-order valence-corrected chi connectivity index (χ2v) is 4.51. The van der Waals surface area contributed by atoms with Gasteiger partial charge in [-0.15, -0.1) is 0 Å². The molecule has 4 nitrogen and oxygen atoms in total. The van der Waals surface area contributed by atoms with Gasteiger partial charge in [0.15, 0.2) is 0 Å². The van der Waals surface area contributed by atoms with E-state index < -0.39 is 5.82 Å². The summed E-state index contributed by atoms with van der Waals surface area (Å²) in [5.41, 5.74) is 7.47. The van der Waals surface area contributed by atoms with Gasteiger partial charge in [-0.25, -0.2) is 4.39 Å². The quantitative estimate of drug-likeness (QED) is 0.780. The maximum Gasteiger partial charge on any atom is 0.230 e. The van der Waals surface area contributed by atoms with Crippen LogP contribution in [-0.4, -0.2) is 10.1 Å². The minimum atomic E-state index is -0.485. The van der Waals surface area contributed by atoms with Crippen LogP contribution in [0.4, 0.5) is 10.3 Å². The predicted molar refractivity (Wildman–Crippen MR) is 74.6 cm³/mol. The van der Waals surface area contributed by atoms with Crippen molar-refractivity contribution in [1.29, 1.82) is 0 Å². The molecule has 2 N–H and O–H groups in total. The Morgan fingerprint density at radius 2 is 1.85 bits per heavy atom. The highest BCUT2D eigenvalue weighted by Crippen LogP contribution is 2.39. The molecule has 0 atom stereocenters. The number of benzene rings is 1. The molecule has 2 aromatic heterocycles. The Bertz CT molecular complexity index is 738. The van der Waals surface area contributed by atoms with E-state index in [2.05, 4.69) is 10.1 Å². The topological polar surface area (TPSA) is 64.9 Å². The first-order valence-corrected chi connectivity index (χ1v) is 6.16. The number of nitrogens with two attached hydrogens (primary N) is 1. The first kappa shape index (κ1) is 12.6. The standard InChI is InChI=1S/C14H9ClFN3O/c15-9-2-1-3-10(16)12(9)13-11(14(17)20-19-13)8-4-6-18-7-5-8/h1-7H,17H2. The number of aromatic nitrogens is 2. The van der Waals surface area contributed by atoms with Gasteiger partial charge in [0.1, 0.15) is 11.5 Å². The molecule has 0 aliphatic carbocycles. The minimum Gasteiger partial charge on any atom is -0.367 e. The van der Waals surface area contributed by atoms with Crippen LogP contribution in [0.2, 0.25) is 5.02 Å². The number of halogens is 2. The number of pyridine rings is 1. The predicted octanol–water partition coefficient (Wildman–Crippen LogP) is 3.78. The third-order valence-corrected chi connectivity index (χ3v) is 3.20. The van der Waals surface area contributed by atoms with E-state index in [-0.39, 0.29) is 22.2 Å². The Hall–Kier alpha value is -2.40. The molecule has 3 aromatic rings. The van der Waals surface area contributed by atoms with E-state index in [0.29, 0.717) is 5.56 Å². The zero-order valence-corrected chi connectivity index (χ0v) is 10.9. The first-order valence-electron chi connectivity index (χ1n) is 5.78. The second kappa shape index (κ2) is 4.94. The lowest BCUT2D eigenvalue weighted by Crippen LogP contribution is -1.91. The number of nitrogens with zero attached hydrogens (tertiary/aromatic N) is 2. The van der Waals surface area contributed by atoms with Gasteiger partial charge in [-0.05, 0) is 29.8 Å². The third kappa shape index (κ3) is 2.02. The van der Waals surface area contributed by atoms with E-state index in [4.69, 9.17) is 21.9 Å². The van der Waals surface area contributed by atoms with Crippen molar-refractivity contribution in [1.82, 2.24) is 10.1 Å². The lowest BCUT2D eigenvalue weighted by atomic mass is 10.0. The normalized spacial score (nSPS) is 10.7. The van der Waals surface area contributed by atoms with Gasteiger partial charge in [-0.3, -0.25) is 4.98 Å². The largest absolute Gasteiger partial charge is 0.367 e. The summed E-state index contributed by atoms with van der Waals surface area (Å²) >= 11 is 6.06. The summed E-state index contributed by atoms with van der Waals surface area (Å²) in [5.74, 6) is -0.383. The monoisotopic (exact) mass is 289 g/mol. The van der Waals surface area contributed by atoms with Gasteiger partial charge in [-0.1, -0.05) is 22.8 Å². The highest BCUT2D eigenvalue weighted by Gasteiger charge is 2.22. The lowest BCUT2D eigenvalue weighted by Gasteiger charge is -2.05. The Kier molecular flexibility index (Phi) is 3.12. The summed E-state index contributed by atoms with van der Waals surface area (Å²) in [5, 5.41) is 4.08. The van der Waals surface area contributed by atoms with Crippen LogP contribution in [0.1, 0.15) is 0 Å². The molecule has 0 radical (unpaired) electrons. The van der Waals surface area contributed by atoms with Crippen LogP contribution in [0.3, 0.4) is 0 Å². The molecule has 0 fully saturated rings. The SMILES string of the molecule is Nc1onc(-c2c(F)cccc2Cl)c1-c1ccncc1. The average molecular weight is 290 g/mol. The van der Waals surface area contributed by atoms with Crippen molar-refractivity contribution in [2.24, 2.45) is 0 Å². The molecule has 2 heterocycles. The van der Waals surface area contributed by atoms with Gasteiger partial charge >= 0.3 is 0 Å². The first-order chi connectivity index (χ1) is 9.68. The summed E-state index contributed by atoms with van der Waals surface area (Å²) in [6.07, 6.45) is 3.21. The van der Waals surface area contributed by atoms with E-state index in [1.807, 2.05) is 0 Å². The number of rotatable bonds is 2. The van der Waals surface area contributed by atoms with Crippen LogP contribution in [0, 0.1) is 5.82 Å². The molecule has 20 heavy (non-hydrogen) atoms. The summed E-state index contributed by atoms with van der Waals surface area (Å²) in [7, 11) is 0. The number of nitrogen functional groups attached to an aromatic ring is 1. The van der Waals surface area contributed by atoms with Gasteiger partial charge in [0.2, 0.25) is 5.88 Å². The molecule has 6 heteroatoms. The number of hydrogen-bond acceptors (Lipinski definition) is 4. The highest BCUT2D eigenvalue weighted by atomic mass is 35.5. The summed E-state index contributed by atoms with van der Waals surface area (Å²) in [6, 6.07) is 7.89. The lowest BCUT2D eigenvalue weighted by molar-refractivity contribution is 0.439. The minimum absolute atomic E-state index is 0.102. The van der Waals surface area contributed by atoms with Crippen LogP contribution in [0.25, 0.3) is 22.4 Å². The number of anilines is 1. The molecular weight excluding hydrogens is 281 g/mol. The zero-order chi connectivity index (χ0) is 14.1. The molecule has 0 aliphatic rings. The maximum atomic E-state index is 14.0. The van der Waals surface area contributed by atoms with Crippen LogP contribution in [-0.2, 0) is 0 Å². The molecule has 0 unspecified atom stereocenters. The molecule has 0 aliphatic heterocycles. The fourth-order valence-electron chi connectivity index (χ4n) is 2.00. The van der Waals surface area contributed by atoms with Gasteiger partial charge < -0.3 is 10.3 Å². The van der Waals surface area contributed by atoms with Gasteiger partial charge in [0.25, 0.3) is 0 Å². The van der Waals surface area contributed by atoms with E-state index >= 15 is 0 Å². The molecule has 100 valence electrons. The molecule has 3 rings (SSSR count). The van der Waals surface area contributed by atoms with Crippen molar-refractivity contribution >= 4 is 17.5 Å². The van der Waals surface area contributed by atoms with Crippen molar-refractivity contribution in [2.75, 3.05) is 5.73 Å². The average Bonchev–Trinajstić information content (AvgIpc) is 2.81. The van der Waals surface area contributed by atoms with Crippen LogP contribution >= 0.6 is 11.6 Å². The Balaban J connectivity index is 2.27. The Morgan fingerprint density at radius 3 is 2.55 bits per heavy atom. The Labute approximate surface area is 119 Å². The third-order valence-electron chi connectivity index (χ3n) is 2.89. The summed E-state index contributed by atoms with van der Waals surface area (Å²) in [6.45, 7) is 0. The fourth-order valence-corrected chi connectivity index (χ4v) is 2.25. The van der Waals surface area contributed by atoms with Crippen LogP contribution in [0.15, 0.2) is 47.2 Å². The van der Waals surface area contributed by atoms with Crippen LogP contribution in [0.5, 0.6) is 0 Å². The van der Waals surface area contributed by atoms with Crippen molar-refractivity contribution in [3.63, 3.8) is 0 Å². The van der Waals surface area contributed by atoms with Crippen molar-refractivity contribution < 1.29 is 8.91 Å². The number of hydrogen-bond donors (Lipinski definition) is 1. The molecule has 0 bridgehead atoms. The molecule has 1 aromatic carbocycles. The molecular formula is C14H9ClFN3O. The van der Waals surface area contributed by atoms with Crippen molar-refractivity contribution in [3.8, 4) is 22.4 Å². The Morgan fingerprint density at radius 1 is 1.10 bits per heavy atom. The molecule has 0 saturated carbocycles. The van der Waals surface area contributed by atoms with Crippen molar-refractivity contribution in [2.45, 2.75) is 0 Å². The fraction of sp³-hybridized carbons (Fsp3) is 0. The van der Waals surface area contributed by atoms with E-state index in [0.717, 1.165) is 5.56 Å². The van der Waals surface area contributed by atoms with E-state index in [9.17, 15) is 4.39 Å². The maximum absolute atomic E-state index is 14.0. The van der Waals surface area contributed by atoms with Gasteiger partial charge in [0, 0.05) is 12.4 Å².